The maximum Gasteiger partial charge on any atom is 2.00 e. The van der Waals surface area contributed by atoms with Crippen LogP contribution >= 0.6 is 0 Å². The quantitative estimate of drug-likeness (QED) is 0.0222. The van der Waals surface area contributed by atoms with E-state index >= 15 is 0 Å². The average Bonchev–Trinajstić information content (AvgIpc) is 3.43. The van der Waals surface area contributed by atoms with E-state index < -0.39 is 61.2 Å². The minimum absolute atomic E-state index is 0. The average molecular weight is 1210 g/mol. The van der Waals surface area contributed by atoms with E-state index in [-0.39, 0.29) is 116 Å². The summed E-state index contributed by atoms with van der Waals surface area (Å²) in [6, 6.07) is 14.6. The molecule has 21 heteroatoms. The number of carbonyl (C=O) groups is 4. The zero-order chi connectivity index (χ0) is 60.1. The Morgan fingerprint density at radius 3 is 1.17 bits per heavy atom. The molecule has 2 aliphatic heterocycles. The van der Waals surface area contributed by atoms with Crippen LogP contribution in [0.3, 0.4) is 0 Å². The first-order valence-electron chi connectivity index (χ1n) is 26.7. The molecule has 0 spiro atoms. The second kappa shape index (κ2) is 26.4. The molecule has 5 aromatic rings. The molecule has 83 heavy (non-hydrogen) atoms. The number of ether oxygens (including phenoxy) is 4. The number of esters is 4. The van der Waals surface area contributed by atoms with E-state index in [1.165, 1.54) is 28.4 Å². The first-order chi connectivity index (χ1) is 38.7. The molecule has 0 radical (unpaired) electrons. The number of fused-ring (bicyclic) bond motifs is 8. The van der Waals surface area contributed by atoms with E-state index in [0.717, 1.165) is 0 Å². The number of methoxy groups -OCH3 is 4. The molecule has 0 amide bonds. The predicted molar refractivity (Wildman–Crippen MR) is 321 cm³/mol. The summed E-state index contributed by atoms with van der Waals surface area (Å²) in [6.07, 6.45) is -1.19. The number of carbonyl (C=O) groups excluding carboxylic acids is 4. The number of aryl methyl sites for hydroxylation is 4. The summed E-state index contributed by atoms with van der Waals surface area (Å²) in [4.78, 5) is 101. The third-order valence-electron chi connectivity index (χ3n) is 14.2. The molecule has 0 atom stereocenters. The number of allylic oxidation sites excluding steroid dienone is 4. The van der Waals surface area contributed by atoms with Crippen LogP contribution in [0.2, 0.25) is 39.3 Å². The van der Waals surface area contributed by atoms with Gasteiger partial charge in [0.25, 0.3) is 0 Å². The van der Waals surface area contributed by atoms with Crippen molar-refractivity contribution in [2.24, 2.45) is 0 Å². The zero-order valence-electron chi connectivity index (χ0n) is 49.6. The number of hydrogen-bond acceptors (Lipinski definition) is 14. The predicted octanol–water partition coefficient (Wildman–Crippen LogP) is 11.8. The van der Waals surface area contributed by atoms with Gasteiger partial charge in [-0.1, -0.05) is 109 Å². The van der Waals surface area contributed by atoms with Gasteiger partial charge in [0, 0.05) is 36.8 Å². The third-order valence-corrected chi connectivity index (χ3v) is 15.9. The standard InChI is InChI=1S/C62H66N6O12Si2.Zn/c1-35-43(21-25-47(69)77-5)57-61(67(73)74)58-45(23-27-49(71)79-7)37(3)55(65-58)52(42-20-16-18-40(34-42)30-32-82(12,13)14)56-38(4)46(24-28-50(72)80-8)60(66-56)62(68(75)76)59-44(22-26-48(70)78-6)36(2)54(64-59)51(53(35)63-57)41-19-15-17-39(33-41)29-31-81(9,10)11;/h15-20,33-34H,21-28H2,1-14H3;/q-2;+2. The molecule has 8 bridgehead atoms. The van der Waals surface area contributed by atoms with Crippen LogP contribution in [0.5, 0.6) is 0 Å². The van der Waals surface area contributed by atoms with Gasteiger partial charge in [-0.15, -0.1) is 22.1 Å². The number of nitrogens with zero attached hydrogens (tertiary/aromatic N) is 6. The second-order valence-electron chi connectivity index (χ2n) is 22.1. The molecule has 2 aromatic carbocycles. The van der Waals surface area contributed by atoms with Crippen LogP contribution in [0.15, 0.2) is 48.5 Å². The van der Waals surface area contributed by atoms with Crippen LogP contribution in [-0.4, -0.2) is 88.3 Å². The first kappa shape index (κ1) is 64.1. The number of nitro groups is 2. The van der Waals surface area contributed by atoms with Gasteiger partial charge in [-0.3, -0.25) is 39.4 Å². The monoisotopic (exact) mass is 1210 g/mol. The topological polar surface area (TPSA) is 245 Å². The van der Waals surface area contributed by atoms with E-state index in [4.69, 9.17) is 38.9 Å². The zero-order valence-corrected chi connectivity index (χ0v) is 54.5. The van der Waals surface area contributed by atoms with E-state index in [1.807, 2.05) is 24.3 Å². The third kappa shape index (κ3) is 14.2. The molecule has 0 unspecified atom stereocenters. The summed E-state index contributed by atoms with van der Waals surface area (Å²) in [5.41, 5.74) is 11.8. The minimum Gasteiger partial charge on any atom is -0.651 e. The Bertz CT molecular complexity index is 3660. The maximum atomic E-state index is 14.3. The number of benzene rings is 2. The van der Waals surface area contributed by atoms with Crippen molar-refractivity contribution in [2.75, 3.05) is 28.4 Å². The van der Waals surface area contributed by atoms with E-state index in [9.17, 15) is 39.4 Å². The van der Waals surface area contributed by atoms with Gasteiger partial charge in [-0.2, -0.15) is 0 Å². The number of hydrogen-bond donors (Lipinski definition) is 0. The molecular weight excluding hydrogens is 1140 g/mol. The molecule has 5 heterocycles. The Morgan fingerprint density at radius 2 is 0.855 bits per heavy atom. The van der Waals surface area contributed by atoms with Gasteiger partial charge in [0.15, 0.2) is 0 Å². The molecule has 0 aliphatic carbocycles. The molecular formula is C62H66N6O12Si2Zn. The van der Waals surface area contributed by atoms with Crippen molar-refractivity contribution < 1.29 is 67.5 Å². The van der Waals surface area contributed by atoms with Crippen LogP contribution in [0.4, 0.5) is 11.4 Å². The van der Waals surface area contributed by atoms with Gasteiger partial charge in [-0.05, 0) is 122 Å². The van der Waals surface area contributed by atoms with Crippen molar-refractivity contribution in [3.63, 3.8) is 0 Å². The Labute approximate surface area is 497 Å². The van der Waals surface area contributed by atoms with E-state index in [2.05, 4.69) is 62.2 Å². The summed E-state index contributed by atoms with van der Waals surface area (Å²) in [5, 5.41) is 28.6. The van der Waals surface area contributed by atoms with Crippen molar-refractivity contribution in [2.45, 2.75) is 118 Å². The molecule has 18 nitrogen and oxygen atoms in total. The summed E-state index contributed by atoms with van der Waals surface area (Å²) < 4.78 is 20.4. The fourth-order valence-corrected chi connectivity index (χ4v) is 11.0. The van der Waals surface area contributed by atoms with Crippen LogP contribution in [0.1, 0.15) is 109 Å². The van der Waals surface area contributed by atoms with Gasteiger partial charge in [0.2, 0.25) is 5.69 Å². The Morgan fingerprint density at radius 1 is 0.518 bits per heavy atom. The Hall–Kier alpha value is -8.10. The normalized spacial score (nSPS) is 12.1. The maximum absolute atomic E-state index is 14.3. The Balaban J connectivity index is 0.0000111. The molecule has 0 fully saturated rings. The molecule has 2 aliphatic rings. The fourth-order valence-electron chi connectivity index (χ4n) is 10.00. The van der Waals surface area contributed by atoms with Gasteiger partial charge >= 0.3 is 49.0 Å². The SMILES string of the molecule is COC(=O)CCC1=C(C)c2nc1c([N+](=O)[O-])c1nc(c(-c3cccc(C#C[Si](C)(C)C)c3)c3[n-]c(c(CCC(=O)OC)c3C)c([N+](=O)[O-])c3[n-]c(c(C)c3CCC(=O)OC)c2-c2cccc(C#C[Si](C)(C)C)c2)C(C)=C1CCC(=O)OC.[Zn+2]. The van der Waals surface area contributed by atoms with Crippen molar-refractivity contribution in [1.29, 1.82) is 0 Å². The van der Waals surface area contributed by atoms with Crippen molar-refractivity contribution in [3.8, 4) is 45.2 Å². The van der Waals surface area contributed by atoms with E-state index in [1.54, 1.807) is 52.0 Å². The minimum atomic E-state index is -1.94. The molecule has 0 saturated heterocycles. The second-order valence-corrected chi connectivity index (χ2v) is 31.6. The molecule has 0 N–H and O–H groups in total. The smallest absolute Gasteiger partial charge is 0.651 e. The summed E-state index contributed by atoms with van der Waals surface area (Å²) in [7, 11) is 1.11. The molecule has 426 valence electrons. The van der Waals surface area contributed by atoms with Crippen LogP contribution in [-0.2, 0) is 70.4 Å². The molecule has 0 saturated carbocycles. The van der Waals surface area contributed by atoms with E-state index in [0.29, 0.717) is 77.9 Å². The van der Waals surface area contributed by atoms with Gasteiger partial charge in [0.1, 0.15) is 27.5 Å². The largest absolute Gasteiger partial charge is 2.00 e. The van der Waals surface area contributed by atoms with Crippen LogP contribution in [0.25, 0.3) is 66.6 Å². The van der Waals surface area contributed by atoms with Crippen molar-refractivity contribution in [3.05, 3.63) is 125 Å². The van der Waals surface area contributed by atoms with Gasteiger partial charge in [0.05, 0.1) is 49.7 Å². The van der Waals surface area contributed by atoms with Gasteiger partial charge in [-0.25, -0.2) is 9.97 Å². The fraction of sp³-hybridized carbons (Fsp3) is 0.355. The summed E-state index contributed by atoms with van der Waals surface area (Å²) >= 11 is 0. The summed E-state index contributed by atoms with van der Waals surface area (Å²) in [5.74, 6) is 4.27. The van der Waals surface area contributed by atoms with Crippen LogP contribution in [0, 0.1) is 57.0 Å². The van der Waals surface area contributed by atoms with Crippen molar-refractivity contribution >= 4 is 95.8 Å². The number of rotatable bonds is 16. The van der Waals surface area contributed by atoms with Crippen LogP contribution < -0.4 is 9.97 Å². The van der Waals surface area contributed by atoms with Gasteiger partial charge < -0.3 is 28.9 Å². The Kier molecular flexibility index (Phi) is 20.4. The van der Waals surface area contributed by atoms with Crippen molar-refractivity contribution in [1.82, 2.24) is 19.9 Å². The molecule has 7 rings (SSSR count). The first-order valence-corrected chi connectivity index (χ1v) is 33.7. The summed E-state index contributed by atoms with van der Waals surface area (Å²) in [6.45, 7) is 19.6. The molecule has 3 aromatic heterocycles. The number of aromatic nitrogens is 4.